The number of hydrogen-bond acceptors (Lipinski definition) is 4. The van der Waals surface area contributed by atoms with Crippen LogP contribution in [0.4, 0.5) is 5.69 Å². The molecule has 0 bridgehead atoms. The van der Waals surface area contributed by atoms with E-state index < -0.39 is 0 Å². The molecule has 1 aromatic heterocycles. The van der Waals surface area contributed by atoms with Crippen molar-refractivity contribution in [3.05, 3.63) is 23.8 Å². The molecule has 112 valence electrons. The molecule has 5 heteroatoms. The Labute approximate surface area is 125 Å². The van der Waals surface area contributed by atoms with Gasteiger partial charge in [-0.25, -0.2) is 4.68 Å². The topological polar surface area (TPSA) is 69.6 Å². The first-order valence-electron chi connectivity index (χ1n) is 7.76. The predicted octanol–water partition coefficient (Wildman–Crippen LogP) is 3.06. The number of nitrogen functional groups attached to an aromatic ring is 1. The average molecular weight is 285 g/mol. The van der Waals surface area contributed by atoms with Gasteiger partial charge in [-0.3, -0.25) is 0 Å². The number of nitrogens with zero attached hydrogens (tertiary/aromatic N) is 4. The van der Waals surface area contributed by atoms with Crippen molar-refractivity contribution in [1.29, 1.82) is 0 Å². The lowest BCUT2D eigenvalue weighted by atomic mass is 9.82. The lowest BCUT2D eigenvalue weighted by Crippen LogP contribution is -2.20. The highest BCUT2D eigenvalue weighted by Gasteiger charge is 2.22. The second-order valence-corrected chi connectivity index (χ2v) is 6.36. The second kappa shape index (κ2) is 5.84. The summed E-state index contributed by atoms with van der Waals surface area (Å²) in [5.74, 6) is 2.28. The van der Waals surface area contributed by atoms with Gasteiger partial charge in [0.1, 0.15) is 0 Å². The van der Waals surface area contributed by atoms with Gasteiger partial charge in [-0.15, -0.1) is 5.10 Å². The van der Waals surface area contributed by atoms with Gasteiger partial charge in [-0.05, 0) is 53.7 Å². The summed E-state index contributed by atoms with van der Waals surface area (Å²) in [4.78, 5) is 0. The number of rotatable bonds is 3. The van der Waals surface area contributed by atoms with E-state index in [1.807, 2.05) is 29.8 Å². The summed E-state index contributed by atoms with van der Waals surface area (Å²) in [5, 5.41) is 12.3. The third-order valence-electron chi connectivity index (χ3n) is 4.54. The molecule has 2 atom stereocenters. The van der Waals surface area contributed by atoms with Crippen LogP contribution in [0.3, 0.4) is 0 Å². The first kappa shape index (κ1) is 14.0. The Morgan fingerprint density at radius 1 is 1.33 bits per heavy atom. The summed E-state index contributed by atoms with van der Waals surface area (Å²) in [5.41, 5.74) is 8.94. The van der Waals surface area contributed by atoms with Crippen LogP contribution in [-0.4, -0.2) is 20.2 Å². The number of nitrogens with two attached hydrogens (primary N) is 1. The zero-order chi connectivity index (χ0) is 14.8. The molecule has 1 aliphatic rings. The smallest absolute Gasteiger partial charge is 0.184 e. The van der Waals surface area contributed by atoms with E-state index >= 15 is 0 Å². The Bertz CT molecular complexity index is 599. The molecule has 0 saturated heterocycles. The van der Waals surface area contributed by atoms with Crippen LogP contribution < -0.4 is 5.73 Å². The van der Waals surface area contributed by atoms with Crippen molar-refractivity contribution in [2.75, 3.05) is 5.73 Å². The van der Waals surface area contributed by atoms with Gasteiger partial charge in [0.2, 0.25) is 0 Å². The summed E-state index contributed by atoms with van der Waals surface area (Å²) in [6.07, 6.45) is 5.20. The van der Waals surface area contributed by atoms with Crippen molar-refractivity contribution in [3.8, 4) is 11.4 Å². The van der Waals surface area contributed by atoms with Crippen molar-refractivity contribution >= 4 is 5.69 Å². The third kappa shape index (κ3) is 2.91. The molecule has 1 aromatic carbocycles. The zero-order valence-corrected chi connectivity index (χ0v) is 12.8. The van der Waals surface area contributed by atoms with Crippen molar-refractivity contribution < 1.29 is 0 Å². The maximum absolute atomic E-state index is 6.13. The van der Waals surface area contributed by atoms with E-state index in [1.165, 1.54) is 25.7 Å². The summed E-state index contributed by atoms with van der Waals surface area (Å²) in [7, 11) is 0. The largest absolute Gasteiger partial charge is 0.398 e. The molecule has 0 radical (unpaired) electrons. The van der Waals surface area contributed by atoms with Gasteiger partial charge in [-0.1, -0.05) is 31.9 Å². The van der Waals surface area contributed by atoms with Crippen LogP contribution in [0.1, 0.15) is 38.2 Å². The number of hydrogen-bond donors (Lipinski definition) is 1. The van der Waals surface area contributed by atoms with Gasteiger partial charge >= 0.3 is 0 Å². The SMILES string of the molecule is Cc1cccc(N)c1-c1nnnn1CC1CCCC(C)C1. The van der Waals surface area contributed by atoms with Crippen molar-refractivity contribution in [2.24, 2.45) is 11.8 Å². The minimum Gasteiger partial charge on any atom is -0.398 e. The molecule has 21 heavy (non-hydrogen) atoms. The van der Waals surface area contributed by atoms with Crippen molar-refractivity contribution in [1.82, 2.24) is 20.2 Å². The first-order valence-corrected chi connectivity index (χ1v) is 7.76. The van der Waals surface area contributed by atoms with Crippen LogP contribution in [0.5, 0.6) is 0 Å². The van der Waals surface area contributed by atoms with Gasteiger partial charge in [0.25, 0.3) is 0 Å². The van der Waals surface area contributed by atoms with E-state index in [2.05, 4.69) is 22.4 Å². The highest BCUT2D eigenvalue weighted by Crippen LogP contribution is 2.32. The van der Waals surface area contributed by atoms with Gasteiger partial charge in [0.15, 0.2) is 5.82 Å². The van der Waals surface area contributed by atoms with Crippen LogP contribution in [-0.2, 0) is 6.54 Å². The fraction of sp³-hybridized carbons (Fsp3) is 0.562. The molecule has 2 N–H and O–H groups in total. The molecule has 0 aliphatic heterocycles. The van der Waals surface area contributed by atoms with Crippen LogP contribution in [0.25, 0.3) is 11.4 Å². The van der Waals surface area contributed by atoms with Gasteiger partial charge in [-0.2, -0.15) is 0 Å². The number of aromatic nitrogens is 4. The molecule has 1 aliphatic carbocycles. The highest BCUT2D eigenvalue weighted by atomic mass is 15.5. The Balaban J connectivity index is 1.87. The van der Waals surface area contributed by atoms with Crippen LogP contribution >= 0.6 is 0 Å². The van der Waals surface area contributed by atoms with E-state index in [0.29, 0.717) is 5.92 Å². The summed E-state index contributed by atoms with van der Waals surface area (Å²) in [6, 6.07) is 5.92. The fourth-order valence-corrected chi connectivity index (χ4v) is 3.47. The highest BCUT2D eigenvalue weighted by molar-refractivity contribution is 5.74. The monoisotopic (exact) mass is 285 g/mol. The van der Waals surface area contributed by atoms with E-state index in [0.717, 1.165) is 35.1 Å². The number of benzene rings is 1. The Hall–Kier alpha value is -1.91. The summed E-state index contributed by atoms with van der Waals surface area (Å²) < 4.78 is 1.93. The summed E-state index contributed by atoms with van der Waals surface area (Å²) >= 11 is 0. The van der Waals surface area contributed by atoms with Crippen molar-refractivity contribution in [3.63, 3.8) is 0 Å². The Kier molecular flexibility index (Phi) is 3.90. The lowest BCUT2D eigenvalue weighted by Gasteiger charge is -2.26. The molecule has 0 amide bonds. The maximum Gasteiger partial charge on any atom is 0.184 e. The number of aryl methyl sites for hydroxylation is 1. The van der Waals surface area contributed by atoms with Crippen LogP contribution in [0.2, 0.25) is 0 Å². The molecule has 3 rings (SSSR count). The molecular formula is C16H23N5. The molecule has 1 saturated carbocycles. The van der Waals surface area contributed by atoms with Gasteiger partial charge < -0.3 is 5.73 Å². The zero-order valence-electron chi connectivity index (χ0n) is 12.8. The molecule has 1 fully saturated rings. The Morgan fingerprint density at radius 3 is 2.95 bits per heavy atom. The average Bonchev–Trinajstić information content (AvgIpc) is 2.87. The minimum absolute atomic E-state index is 0.668. The van der Waals surface area contributed by atoms with Crippen molar-refractivity contribution in [2.45, 2.75) is 46.1 Å². The minimum atomic E-state index is 0.668. The standard InChI is InChI=1S/C16H23N5/c1-11-5-3-7-13(9-11)10-21-16(18-19-20-21)15-12(2)6-4-8-14(15)17/h4,6,8,11,13H,3,5,7,9-10,17H2,1-2H3. The quantitative estimate of drug-likeness (QED) is 0.880. The lowest BCUT2D eigenvalue weighted by molar-refractivity contribution is 0.249. The molecule has 0 spiro atoms. The molecular weight excluding hydrogens is 262 g/mol. The predicted molar refractivity (Wildman–Crippen MR) is 83.5 cm³/mol. The maximum atomic E-state index is 6.13. The van der Waals surface area contributed by atoms with E-state index in [1.54, 1.807) is 0 Å². The number of tetrazole rings is 1. The van der Waals surface area contributed by atoms with Crippen LogP contribution in [0, 0.1) is 18.8 Å². The first-order chi connectivity index (χ1) is 10.1. The third-order valence-corrected chi connectivity index (χ3v) is 4.54. The molecule has 1 heterocycles. The number of anilines is 1. The molecule has 5 nitrogen and oxygen atoms in total. The Morgan fingerprint density at radius 2 is 2.19 bits per heavy atom. The fourth-order valence-electron chi connectivity index (χ4n) is 3.47. The van der Waals surface area contributed by atoms with E-state index in [9.17, 15) is 0 Å². The molecule has 2 unspecified atom stereocenters. The van der Waals surface area contributed by atoms with Gasteiger partial charge in [0, 0.05) is 17.8 Å². The van der Waals surface area contributed by atoms with E-state index in [-0.39, 0.29) is 0 Å². The normalized spacial score (nSPS) is 22.4. The summed E-state index contributed by atoms with van der Waals surface area (Å²) in [6.45, 7) is 5.28. The van der Waals surface area contributed by atoms with E-state index in [4.69, 9.17) is 5.73 Å². The van der Waals surface area contributed by atoms with Crippen LogP contribution in [0.15, 0.2) is 18.2 Å². The second-order valence-electron chi connectivity index (χ2n) is 6.36. The van der Waals surface area contributed by atoms with Gasteiger partial charge in [0.05, 0.1) is 0 Å². The molecule has 2 aromatic rings.